The van der Waals surface area contributed by atoms with Crippen molar-refractivity contribution in [1.82, 2.24) is 0 Å². The van der Waals surface area contributed by atoms with E-state index in [0.717, 1.165) is 23.3 Å². The van der Waals surface area contributed by atoms with Crippen molar-refractivity contribution >= 4 is 10.0 Å². The molecule has 0 aliphatic heterocycles. The molecule has 0 aliphatic carbocycles. The molecule has 0 saturated heterocycles. The molecular weight excluding hydrogens is 300 g/mol. The highest BCUT2D eigenvalue weighted by atomic mass is 32.2. The van der Waals surface area contributed by atoms with Gasteiger partial charge in [-0.2, -0.15) is 4.39 Å². The quantitative estimate of drug-likeness (QED) is 0.943. The maximum absolute atomic E-state index is 13.8. The molecule has 0 spiro atoms. The van der Waals surface area contributed by atoms with Gasteiger partial charge >= 0.3 is 0 Å². The topological polar surface area (TPSA) is 69.4 Å². The van der Waals surface area contributed by atoms with Crippen molar-refractivity contribution in [3.63, 3.8) is 0 Å². The molecule has 0 aliphatic rings. The number of benzene rings is 2. The molecule has 0 aromatic heterocycles. The summed E-state index contributed by atoms with van der Waals surface area (Å²) in [5.74, 6) is -3.29. The lowest BCUT2D eigenvalue weighted by atomic mass is 10.1. The molecule has 4 nitrogen and oxygen atoms in total. The number of sulfonamides is 1. The number of halogens is 2. The van der Waals surface area contributed by atoms with Crippen LogP contribution in [0.1, 0.15) is 11.1 Å². The third-order valence-corrected chi connectivity index (χ3v) is 3.89. The Morgan fingerprint density at radius 3 is 2.38 bits per heavy atom. The fourth-order valence-corrected chi connectivity index (χ4v) is 2.37. The average molecular weight is 313 g/mol. The normalized spacial score (nSPS) is 11.4. The highest BCUT2D eigenvalue weighted by molar-refractivity contribution is 7.89. The first kappa shape index (κ1) is 15.4. The van der Waals surface area contributed by atoms with Crippen LogP contribution in [0.25, 0.3) is 0 Å². The van der Waals surface area contributed by atoms with Crippen molar-refractivity contribution in [2.45, 2.75) is 18.4 Å². The Morgan fingerprint density at radius 2 is 1.76 bits per heavy atom. The Morgan fingerprint density at radius 1 is 1.10 bits per heavy atom. The molecule has 2 aromatic rings. The summed E-state index contributed by atoms with van der Waals surface area (Å²) in [6.07, 6.45) is 0. The van der Waals surface area contributed by atoms with Gasteiger partial charge in [-0.15, -0.1) is 0 Å². The Kier molecular flexibility index (Phi) is 4.24. The highest BCUT2D eigenvalue weighted by Gasteiger charge is 2.21. The minimum atomic E-state index is -4.32. The van der Waals surface area contributed by atoms with Crippen molar-refractivity contribution in [2.75, 3.05) is 0 Å². The number of rotatable bonds is 4. The van der Waals surface area contributed by atoms with E-state index in [1.807, 2.05) is 19.1 Å². The fourth-order valence-electron chi connectivity index (χ4n) is 1.77. The number of primary sulfonamides is 1. The Balaban J connectivity index is 2.27. The minimum Gasteiger partial charge on any atom is -0.486 e. The average Bonchev–Trinajstić information content (AvgIpc) is 2.40. The lowest BCUT2D eigenvalue weighted by molar-refractivity contribution is 0.282. The Bertz CT molecular complexity index is 776. The van der Waals surface area contributed by atoms with E-state index in [9.17, 15) is 17.2 Å². The van der Waals surface area contributed by atoms with Gasteiger partial charge in [-0.1, -0.05) is 24.3 Å². The zero-order valence-corrected chi connectivity index (χ0v) is 12.0. The Labute approximate surface area is 121 Å². The standard InChI is InChI=1S/C14H13F2NO3S/c1-9-4-2-3-5-10(9)8-20-11-6-7-12(21(17,18)19)14(16)13(11)15/h2-7H,8H2,1H3,(H2,17,18,19). The third-order valence-electron chi connectivity index (χ3n) is 2.96. The molecule has 0 heterocycles. The summed E-state index contributed by atoms with van der Waals surface area (Å²) in [6.45, 7) is 1.90. The van der Waals surface area contributed by atoms with Crippen LogP contribution in [-0.2, 0) is 16.6 Å². The maximum Gasteiger partial charge on any atom is 0.241 e. The summed E-state index contributed by atoms with van der Waals surface area (Å²) in [4.78, 5) is -0.900. The molecule has 0 saturated carbocycles. The van der Waals surface area contributed by atoms with Gasteiger partial charge in [-0.25, -0.2) is 17.9 Å². The summed E-state index contributed by atoms with van der Waals surface area (Å²) in [5, 5.41) is 4.79. The van der Waals surface area contributed by atoms with Gasteiger partial charge in [0.25, 0.3) is 0 Å². The zero-order valence-electron chi connectivity index (χ0n) is 11.1. The molecule has 7 heteroatoms. The Hall–Kier alpha value is -1.99. The van der Waals surface area contributed by atoms with E-state index < -0.39 is 26.6 Å². The molecule has 0 amide bonds. The SMILES string of the molecule is Cc1ccccc1COc1ccc(S(N)(=O)=O)c(F)c1F. The summed E-state index contributed by atoms with van der Waals surface area (Å²) >= 11 is 0. The smallest absolute Gasteiger partial charge is 0.241 e. The van der Waals surface area contributed by atoms with Crippen molar-refractivity contribution in [1.29, 1.82) is 0 Å². The number of nitrogens with two attached hydrogens (primary N) is 1. The van der Waals surface area contributed by atoms with E-state index in [1.165, 1.54) is 0 Å². The van der Waals surface area contributed by atoms with Crippen molar-refractivity contribution in [2.24, 2.45) is 5.14 Å². The van der Waals surface area contributed by atoms with Crippen molar-refractivity contribution in [3.8, 4) is 5.75 Å². The molecule has 112 valence electrons. The monoisotopic (exact) mass is 313 g/mol. The van der Waals surface area contributed by atoms with Crippen LogP contribution in [0.3, 0.4) is 0 Å². The lowest BCUT2D eigenvalue weighted by Gasteiger charge is -2.11. The summed E-state index contributed by atoms with van der Waals surface area (Å²) < 4.78 is 54.8. The minimum absolute atomic E-state index is 0.0394. The number of hydrogen-bond donors (Lipinski definition) is 1. The molecule has 2 N–H and O–H groups in total. The first-order valence-corrected chi connectivity index (χ1v) is 7.53. The molecule has 0 unspecified atom stereocenters. The maximum atomic E-state index is 13.8. The first-order valence-electron chi connectivity index (χ1n) is 5.99. The van der Waals surface area contributed by atoms with Gasteiger partial charge in [0.05, 0.1) is 0 Å². The van der Waals surface area contributed by atoms with E-state index >= 15 is 0 Å². The van der Waals surface area contributed by atoms with Crippen LogP contribution < -0.4 is 9.88 Å². The van der Waals surface area contributed by atoms with Crippen LogP contribution in [0.5, 0.6) is 5.75 Å². The predicted octanol–water partition coefficient (Wildman–Crippen LogP) is 2.50. The molecule has 0 atom stereocenters. The van der Waals surface area contributed by atoms with Crippen LogP contribution in [0.2, 0.25) is 0 Å². The fraction of sp³-hybridized carbons (Fsp3) is 0.143. The summed E-state index contributed by atoms with van der Waals surface area (Å²) in [5.41, 5.74) is 1.76. The van der Waals surface area contributed by atoms with E-state index in [0.29, 0.717) is 0 Å². The van der Waals surface area contributed by atoms with Crippen LogP contribution in [-0.4, -0.2) is 8.42 Å². The highest BCUT2D eigenvalue weighted by Crippen LogP contribution is 2.25. The molecule has 0 fully saturated rings. The van der Waals surface area contributed by atoms with Gasteiger partial charge in [0, 0.05) is 0 Å². The van der Waals surface area contributed by atoms with Gasteiger partial charge in [-0.3, -0.25) is 0 Å². The third kappa shape index (κ3) is 3.37. The molecule has 2 aromatic carbocycles. The van der Waals surface area contributed by atoms with Gasteiger partial charge < -0.3 is 4.74 Å². The molecule has 0 bridgehead atoms. The number of aryl methyl sites for hydroxylation is 1. The van der Waals surface area contributed by atoms with Gasteiger partial charge in [0.1, 0.15) is 11.5 Å². The lowest BCUT2D eigenvalue weighted by Crippen LogP contribution is -2.15. The zero-order chi connectivity index (χ0) is 15.6. The molecule has 0 radical (unpaired) electrons. The van der Waals surface area contributed by atoms with E-state index in [1.54, 1.807) is 12.1 Å². The van der Waals surface area contributed by atoms with Gasteiger partial charge in [0.2, 0.25) is 15.8 Å². The van der Waals surface area contributed by atoms with E-state index in [2.05, 4.69) is 0 Å². The van der Waals surface area contributed by atoms with Crippen LogP contribution in [0, 0.1) is 18.6 Å². The van der Waals surface area contributed by atoms with Crippen LogP contribution >= 0.6 is 0 Å². The molecule has 2 rings (SSSR count). The second-order valence-corrected chi connectivity index (χ2v) is 5.98. The van der Waals surface area contributed by atoms with E-state index in [4.69, 9.17) is 9.88 Å². The summed E-state index contributed by atoms with van der Waals surface area (Å²) in [7, 11) is -4.32. The largest absolute Gasteiger partial charge is 0.486 e. The molecular formula is C14H13F2NO3S. The van der Waals surface area contributed by atoms with E-state index in [-0.39, 0.29) is 12.4 Å². The molecule has 21 heavy (non-hydrogen) atoms. The predicted molar refractivity (Wildman–Crippen MR) is 73.2 cm³/mol. The van der Waals surface area contributed by atoms with Crippen molar-refractivity contribution < 1.29 is 21.9 Å². The van der Waals surface area contributed by atoms with Gasteiger partial charge in [-0.05, 0) is 30.2 Å². The van der Waals surface area contributed by atoms with Gasteiger partial charge in [0.15, 0.2) is 11.6 Å². The van der Waals surface area contributed by atoms with Crippen molar-refractivity contribution in [3.05, 3.63) is 59.2 Å². The van der Waals surface area contributed by atoms with Crippen LogP contribution in [0.15, 0.2) is 41.3 Å². The second-order valence-electron chi connectivity index (χ2n) is 4.45. The van der Waals surface area contributed by atoms with Crippen LogP contribution in [0.4, 0.5) is 8.78 Å². The number of ether oxygens (including phenoxy) is 1. The second kappa shape index (κ2) is 5.79. The first-order chi connectivity index (χ1) is 9.80. The summed E-state index contributed by atoms with van der Waals surface area (Å²) in [6, 6.07) is 9.21. The number of hydrogen-bond acceptors (Lipinski definition) is 3.